The molecule has 7 nitrogen and oxygen atoms in total. The molecule has 0 fully saturated rings. The lowest BCUT2D eigenvalue weighted by Crippen LogP contribution is -2.33. The number of hydrogen-bond acceptors (Lipinski definition) is 4. The summed E-state index contributed by atoms with van der Waals surface area (Å²) in [5.41, 5.74) is 0.933. The van der Waals surface area contributed by atoms with E-state index in [1.54, 1.807) is 6.92 Å². The van der Waals surface area contributed by atoms with Crippen LogP contribution in [0.3, 0.4) is 0 Å². The first-order chi connectivity index (χ1) is 12.7. The highest BCUT2D eigenvalue weighted by Gasteiger charge is 2.31. The molecule has 0 bridgehead atoms. The maximum atomic E-state index is 13.3. The van der Waals surface area contributed by atoms with Gasteiger partial charge in [0.2, 0.25) is 11.2 Å². The Labute approximate surface area is 159 Å². The Kier molecular flexibility index (Phi) is 6.73. The largest absolute Gasteiger partial charge is 0.327 e. The van der Waals surface area contributed by atoms with E-state index in [1.165, 1.54) is 24.4 Å². The highest BCUT2D eigenvalue weighted by atomic mass is 35.5. The van der Waals surface area contributed by atoms with E-state index in [2.05, 4.69) is 27.1 Å². The van der Waals surface area contributed by atoms with E-state index in [0.717, 1.165) is 4.68 Å². The second-order valence-electron chi connectivity index (χ2n) is 5.92. The van der Waals surface area contributed by atoms with E-state index in [-0.39, 0.29) is 31.1 Å². The first-order valence-corrected chi connectivity index (χ1v) is 8.40. The van der Waals surface area contributed by atoms with Crippen LogP contribution >= 0.6 is 11.6 Å². The average Bonchev–Trinajstić information content (AvgIpc) is 2.61. The molecule has 0 atom stereocenters. The number of amides is 1. The summed E-state index contributed by atoms with van der Waals surface area (Å²) in [7, 11) is 0. The third kappa shape index (κ3) is 6.21. The van der Waals surface area contributed by atoms with E-state index in [4.69, 9.17) is 11.6 Å². The van der Waals surface area contributed by atoms with E-state index in [1.807, 2.05) is 0 Å². The number of allylic oxidation sites excluding steroid dienone is 3. The third-order valence-corrected chi connectivity index (χ3v) is 3.95. The van der Waals surface area contributed by atoms with Crippen molar-refractivity contribution in [1.29, 1.82) is 0 Å². The van der Waals surface area contributed by atoms with Crippen LogP contribution in [0.5, 0.6) is 0 Å². The van der Waals surface area contributed by atoms with E-state index < -0.39 is 17.4 Å². The number of carbonyl (C=O) groups excluding carboxylic acids is 1. The van der Waals surface area contributed by atoms with Crippen molar-refractivity contribution < 1.29 is 13.6 Å². The summed E-state index contributed by atoms with van der Waals surface area (Å²) in [6, 6.07) is 2.72. The lowest BCUT2D eigenvalue weighted by molar-refractivity contribution is -0.121. The fourth-order valence-electron chi connectivity index (χ4n) is 2.38. The number of nitrogens with zero attached hydrogens (tertiary/aromatic N) is 4. The number of nitrogens with one attached hydrogen (secondary N) is 1. The second kappa shape index (κ2) is 8.81. The summed E-state index contributed by atoms with van der Waals surface area (Å²) in [5, 5.41) is 6.56. The standard InChI is InChI=1S/C17H18ClF2N5O2/c1-11(9-22-16(18)21-2)23-14(26)10-25-15(27)4-3-13(24-25)12-5-7-17(19,20)8-6-12/h3-5,9H,2,6-8,10H2,1H3,(H,23,26)/b11-9+,22-16?. The average molecular weight is 398 g/mol. The number of amidine groups is 1. The van der Waals surface area contributed by atoms with Crippen LogP contribution in [-0.4, -0.2) is 33.6 Å². The van der Waals surface area contributed by atoms with Crippen molar-refractivity contribution in [3.05, 3.63) is 46.2 Å². The summed E-state index contributed by atoms with van der Waals surface area (Å²) in [5.74, 6) is -3.22. The first-order valence-electron chi connectivity index (χ1n) is 8.02. The minimum atomic E-state index is -2.71. The van der Waals surface area contributed by atoms with Gasteiger partial charge in [0.05, 0.1) is 5.69 Å². The molecule has 1 heterocycles. The second-order valence-corrected chi connectivity index (χ2v) is 6.26. The van der Waals surface area contributed by atoms with Crippen LogP contribution in [0.4, 0.5) is 8.78 Å². The summed E-state index contributed by atoms with van der Waals surface area (Å²) in [4.78, 5) is 31.1. The zero-order chi connectivity index (χ0) is 20.0. The highest BCUT2D eigenvalue weighted by molar-refractivity contribution is 6.65. The van der Waals surface area contributed by atoms with Gasteiger partial charge in [-0.2, -0.15) is 5.10 Å². The fourth-order valence-corrected chi connectivity index (χ4v) is 2.43. The van der Waals surface area contributed by atoms with Crippen molar-refractivity contribution in [2.24, 2.45) is 9.98 Å². The number of hydrogen-bond donors (Lipinski definition) is 1. The van der Waals surface area contributed by atoms with Crippen LogP contribution in [-0.2, 0) is 11.3 Å². The number of aliphatic imine (C=N–C) groups is 2. The molecule has 0 aromatic carbocycles. The van der Waals surface area contributed by atoms with Gasteiger partial charge in [-0.25, -0.2) is 23.4 Å². The maximum Gasteiger partial charge on any atom is 0.267 e. The molecule has 1 aromatic rings. The Bertz CT molecular complexity index is 890. The van der Waals surface area contributed by atoms with Gasteiger partial charge in [-0.1, -0.05) is 6.08 Å². The topological polar surface area (TPSA) is 88.7 Å². The molecule has 1 aromatic heterocycles. The quantitative estimate of drug-likeness (QED) is 0.470. The van der Waals surface area contributed by atoms with Crippen LogP contribution in [0, 0.1) is 0 Å². The van der Waals surface area contributed by atoms with Crippen molar-refractivity contribution >= 4 is 35.1 Å². The molecule has 10 heteroatoms. The molecule has 1 aliphatic carbocycles. The number of aromatic nitrogens is 2. The molecular formula is C17H18ClF2N5O2. The number of carbonyl (C=O) groups is 1. The Morgan fingerprint density at radius 2 is 2.26 bits per heavy atom. The van der Waals surface area contributed by atoms with Crippen LogP contribution in [0.15, 0.2) is 44.9 Å². The molecule has 0 spiro atoms. The van der Waals surface area contributed by atoms with Gasteiger partial charge in [-0.15, -0.1) is 0 Å². The lowest BCUT2D eigenvalue weighted by Gasteiger charge is -2.21. The van der Waals surface area contributed by atoms with Gasteiger partial charge in [0.25, 0.3) is 11.5 Å². The Hall–Kier alpha value is -2.68. The predicted molar refractivity (Wildman–Crippen MR) is 100 cm³/mol. The summed E-state index contributed by atoms with van der Waals surface area (Å²) in [6.45, 7) is 4.44. The molecule has 0 radical (unpaired) electrons. The zero-order valence-electron chi connectivity index (χ0n) is 14.6. The molecule has 0 unspecified atom stereocenters. The fraction of sp³-hybridized carbons (Fsp3) is 0.353. The first kappa shape index (κ1) is 20.6. The van der Waals surface area contributed by atoms with Crippen LogP contribution < -0.4 is 10.9 Å². The van der Waals surface area contributed by atoms with Gasteiger partial charge in [-0.05, 0) is 43.3 Å². The van der Waals surface area contributed by atoms with Crippen LogP contribution in [0.1, 0.15) is 31.9 Å². The molecule has 27 heavy (non-hydrogen) atoms. The van der Waals surface area contributed by atoms with Gasteiger partial charge in [-0.3, -0.25) is 9.59 Å². The normalized spacial score (nSPS) is 17.3. The SMILES string of the molecule is C=NC(Cl)=N/C=C(\C)NC(=O)Cn1nc(C2=CCC(F)(F)CC2)ccc1=O. The Morgan fingerprint density at radius 3 is 2.89 bits per heavy atom. The van der Waals surface area contributed by atoms with Crippen molar-refractivity contribution in [3.63, 3.8) is 0 Å². The molecule has 0 aliphatic heterocycles. The minimum Gasteiger partial charge on any atom is -0.327 e. The molecular weight excluding hydrogens is 380 g/mol. The van der Waals surface area contributed by atoms with E-state index in [0.29, 0.717) is 17.0 Å². The van der Waals surface area contributed by atoms with Crippen molar-refractivity contribution in [2.45, 2.75) is 38.7 Å². The molecule has 2 rings (SSSR count). The lowest BCUT2D eigenvalue weighted by atomic mass is 9.94. The van der Waals surface area contributed by atoms with Gasteiger partial charge in [0.15, 0.2) is 0 Å². The van der Waals surface area contributed by atoms with Crippen molar-refractivity contribution in [2.75, 3.05) is 0 Å². The van der Waals surface area contributed by atoms with Crippen molar-refractivity contribution in [3.8, 4) is 0 Å². The zero-order valence-corrected chi connectivity index (χ0v) is 15.3. The smallest absolute Gasteiger partial charge is 0.267 e. The molecule has 1 N–H and O–H groups in total. The van der Waals surface area contributed by atoms with Crippen molar-refractivity contribution in [1.82, 2.24) is 15.1 Å². The van der Waals surface area contributed by atoms with Crippen LogP contribution in [0.25, 0.3) is 5.57 Å². The van der Waals surface area contributed by atoms with E-state index >= 15 is 0 Å². The summed E-state index contributed by atoms with van der Waals surface area (Å²) in [6.07, 6.45) is 2.23. The predicted octanol–water partition coefficient (Wildman–Crippen LogP) is 2.72. The van der Waals surface area contributed by atoms with Gasteiger partial charge < -0.3 is 5.32 Å². The summed E-state index contributed by atoms with van der Waals surface area (Å²) >= 11 is 5.56. The number of alkyl halides is 2. The number of rotatable bonds is 5. The molecule has 0 saturated carbocycles. The molecule has 0 saturated heterocycles. The van der Waals surface area contributed by atoms with Gasteiger partial charge in [0, 0.05) is 30.8 Å². The highest BCUT2D eigenvalue weighted by Crippen LogP contribution is 2.35. The molecule has 1 aliphatic rings. The minimum absolute atomic E-state index is 0.0829. The van der Waals surface area contributed by atoms with E-state index in [9.17, 15) is 18.4 Å². The molecule has 144 valence electrons. The third-order valence-electron chi connectivity index (χ3n) is 3.73. The maximum absolute atomic E-state index is 13.3. The molecule has 1 amide bonds. The van der Waals surface area contributed by atoms with Crippen LogP contribution in [0.2, 0.25) is 0 Å². The number of halogens is 3. The summed E-state index contributed by atoms with van der Waals surface area (Å²) < 4.78 is 27.5. The monoisotopic (exact) mass is 397 g/mol. The van der Waals surface area contributed by atoms with Gasteiger partial charge in [0.1, 0.15) is 6.54 Å². The Balaban J connectivity index is 2.11. The van der Waals surface area contributed by atoms with Gasteiger partial charge >= 0.3 is 0 Å². The Morgan fingerprint density at radius 1 is 1.52 bits per heavy atom.